The van der Waals surface area contributed by atoms with Gasteiger partial charge in [-0.3, -0.25) is 0 Å². The van der Waals surface area contributed by atoms with Crippen LogP contribution in [0.15, 0.2) is 10.7 Å². The number of hydrogen-bond acceptors (Lipinski definition) is 5. The highest BCUT2D eigenvalue weighted by molar-refractivity contribution is 5.27. The summed E-state index contributed by atoms with van der Waals surface area (Å²) >= 11 is 0. The van der Waals surface area contributed by atoms with Crippen molar-refractivity contribution in [1.29, 1.82) is 0 Å². The zero-order chi connectivity index (χ0) is 10.5. The Morgan fingerprint density at radius 1 is 1.47 bits per heavy atom. The van der Waals surface area contributed by atoms with E-state index in [9.17, 15) is 0 Å². The Labute approximate surface area is 89.4 Å². The molecular formula is C10H17N3O2. The summed E-state index contributed by atoms with van der Waals surface area (Å²) in [5.41, 5.74) is 1.01. The molecule has 1 aliphatic heterocycles. The Morgan fingerprint density at radius 2 is 2.27 bits per heavy atom. The number of rotatable bonds is 4. The molecule has 0 bridgehead atoms. The van der Waals surface area contributed by atoms with Crippen LogP contribution in [0, 0.1) is 0 Å². The topological polar surface area (TPSA) is 50.5 Å². The van der Waals surface area contributed by atoms with Gasteiger partial charge in [0.05, 0.1) is 18.9 Å². The van der Waals surface area contributed by atoms with Crippen LogP contribution in [0.4, 0.5) is 6.01 Å². The van der Waals surface area contributed by atoms with Crippen molar-refractivity contribution in [3.63, 3.8) is 0 Å². The van der Waals surface area contributed by atoms with E-state index in [-0.39, 0.29) is 0 Å². The van der Waals surface area contributed by atoms with Crippen molar-refractivity contribution in [2.45, 2.75) is 6.42 Å². The lowest BCUT2D eigenvalue weighted by Gasteiger charge is -2.24. The van der Waals surface area contributed by atoms with Crippen molar-refractivity contribution >= 4 is 6.01 Å². The standard InChI is InChI=1S/C10H17N3O2/c1-11-3-2-9-8-15-10(12-9)13-4-6-14-7-5-13/h8,11H,2-7H2,1H3. The average Bonchev–Trinajstić information content (AvgIpc) is 2.76. The summed E-state index contributed by atoms with van der Waals surface area (Å²) in [6, 6.07) is 0.726. The molecule has 1 saturated heterocycles. The molecule has 15 heavy (non-hydrogen) atoms. The fourth-order valence-corrected chi connectivity index (χ4v) is 1.56. The molecule has 0 aromatic carbocycles. The van der Waals surface area contributed by atoms with Crippen LogP contribution in [0.3, 0.4) is 0 Å². The highest BCUT2D eigenvalue weighted by Gasteiger charge is 2.15. The van der Waals surface area contributed by atoms with Gasteiger partial charge in [0.15, 0.2) is 0 Å². The number of anilines is 1. The molecule has 1 aliphatic rings. The van der Waals surface area contributed by atoms with Crippen molar-refractivity contribution in [3.05, 3.63) is 12.0 Å². The first kappa shape index (κ1) is 10.4. The maximum absolute atomic E-state index is 5.43. The lowest BCUT2D eigenvalue weighted by Crippen LogP contribution is -2.36. The van der Waals surface area contributed by atoms with Crippen molar-refractivity contribution in [3.8, 4) is 0 Å². The van der Waals surface area contributed by atoms with Crippen LogP contribution in [0.1, 0.15) is 5.69 Å². The fourth-order valence-electron chi connectivity index (χ4n) is 1.56. The lowest BCUT2D eigenvalue weighted by atomic mass is 10.3. The van der Waals surface area contributed by atoms with Gasteiger partial charge in [0, 0.05) is 26.1 Å². The first-order chi connectivity index (χ1) is 7.40. The van der Waals surface area contributed by atoms with Gasteiger partial charge >= 0.3 is 0 Å². The van der Waals surface area contributed by atoms with Crippen molar-refractivity contribution in [2.75, 3.05) is 44.8 Å². The van der Waals surface area contributed by atoms with Crippen LogP contribution in [0.25, 0.3) is 0 Å². The maximum Gasteiger partial charge on any atom is 0.297 e. The van der Waals surface area contributed by atoms with E-state index in [0.717, 1.165) is 51.0 Å². The van der Waals surface area contributed by atoms with E-state index in [4.69, 9.17) is 9.15 Å². The molecule has 0 radical (unpaired) electrons. The summed E-state index contributed by atoms with van der Waals surface area (Å²) < 4.78 is 10.7. The Bertz CT molecular complexity index is 295. The molecule has 1 aromatic heterocycles. The van der Waals surface area contributed by atoms with E-state index in [2.05, 4.69) is 15.2 Å². The van der Waals surface area contributed by atoms with E-state index in [1.807, 2.05) is 7.05 Å². The summed E-state index contributed by atoms with van der Waals surface area (Å²) in [5, 5.41) is 3.09. The zero-order valence-electron chi connectivity index (χ0n) is 9.03. The largest absolute Gasteiger partial charge is 0.432 e. The van der Waals surface area contributed by atoms with Crippen LogP contribution >= 0.6 is 0 Å². The maximum atomic E-state index is 5.43. The minimum Gasteiger partial charge on any atom is -0.432 e. The molecule has 0 spiro atoms. The van der Waals surface area contributed by atoms with Crippen LogP contribution in [0.2, 0.25) is 0 Å². The summed E-state index contributed by atoms with van der Waals surface area (Å²) in [7, 11) is 1.93. The molecule has 2 heterocycles. The third kappa shape index (κ3) is 2.70. The molecular weight excluding hydrogens is 194 g/mol. The quantitative estimate of drug-likeness (QED) is 0.775. The van der Waals surface area contributed by atoms with Gasteiger partial charge in [-0.05, 0) is 7.05 Å². The number of hydrogen-bond donors (Lipinski definition) is 1. The zero-order valence-corrected chi connectivity index (χ0v) is 9.03. The normalized spacial score (nSPS) is 17.0. The first-order valence-electron chi connectivity index (χ1n) is 5.32. The van der Waals surface area contributed by atoms with Crippen molar-refractivity contribution in [2.24, 2.45) is 0 Å². The number of oxazole rings is 1. The first-order valence-corrected chi connectivity index (χ1v) is 5.32. The highest BCUT2D eigenvalue weighted by Crippen LogP contribution is 2.14. The third-order valence-electron chi connectivity index (χ3n) is 2.45. The molecule has 0 atom stereocenters. The minimum absolute atomic E-state index is 0.726. The summed E-state index contributed by atoms with van der Waals surface area (Å²) in [6.45, 7) is 4.18. The van der Waals surface area contributed by atoms with Gasteiger partial charge in [-0.2, -0.15) is 4.98 Å². The van der Waals surface area contributed by atoms with Crippen LogP contribution in [0.5, 0.6) is 0 Å². The smallest absolute Gasteiger partial charge is 0.297 e. The molecule has 0 aliphatic carbocycles. The van der Waals surface area contributed by atoms with E-state index in [1.54, 1.807) is 6.26 Å². The number of nitrogens with zero attached hydrogens (tertiary/aromatic N) is 2. The summed E-state index contributed by atoms with van der Waals surface area (Å²) in [4.78, 5) is 6.55. The van der Waals surface area contributed by atoms with Gasteiger partial charge < -0.3 is 19.4 Å². The Hall–Kier alpha value is -1.07. The number of aromatic nitrogens is 1. The molecule has 84 valence electrons. The molecule has 1 aromatic rings. The number of likely N-dealkylation sites (N-methyl/N-ethyl adjacent to an activating group) is 1. The monoisotopic (exact) mass is 211 g/mol. The van der Waals surface area contributed by atoms with Gasteiger partial charge in [-0.1, -0.05) is 0 Å². The fraction of sp³-hybridized carbons (Fsp3) is 0.700. The van der Waals surface area contributed by atoms with Crippen LogP contribution in [-0.2, 0) is 11.2 Å². The predicted molar refractivity (Wildman–Crippen MR) is 57.2 cm³/mol. The molecule has 0 amide bonds. The molecule has 0 unspecified atom stereocenters. The second kappa shape index (κ2) is 5.14. The average molecular weight is 211 g/mol. The molecule has 1 N–H and O–H groups in total. The SMILES string of the molecule is CNCCc1coc(N2CCOCC2)n1. The van der Waals surface area contributed by atoms with Crippen LogP contribution < -0.4 is 10.2 Å². The van der Waals surface area contributed by atoms with Crippen molar-refractivity contribution < 1.29 is 9.15 Å². The Balaban J connectivity index is 1.93. The molecule has 2 rings (SSSR count). The Morgan fingerprint density at radius 3 is 3.00 bits per heavy atom. The van der Waals surface area contributed by atoms with Gasteiger partial charge in [-0.15, -0.1) is 0 Å². The number of nitrogens with one attached hydrogen (secondary N) is 1. The van der Waals surface area contributed by atoms with E-state index in [0.29, 0.717) is 0 Å². The summed E-state index contributed by atoms with van der Waals surface area (Å²) in [6.07, 6.45) is 2.65. The van der Waals surface area contributed by atoms with Gasteiger partial charge in [-0.25, -0.2) is 0 Å². The Kier molecular flexibility index (Phi) is 3.58. The second-order valence-electron chi connectivity index (χ2n) is 3.57. The van der Waals surface area contributed by atoms with Gasteiger partial charge in [0.25, 0.3) is 6.01 Å². The van der Waals surface area contributed by atoms with E-state index < -0.39 is 0 Å². The molecule has 0 saturated carbocycles. The minimum atomic E-state index is 0.726. The second-order valence-corrected chi connectivity index (χ2v) is 3.57. The molecule has 1 fully saturated rings. The summed E-state index contributed by atoms with van der Waals surface area (Å²) in [5.74, 6) is 0. The molecule has 5 nitrogen and oxygen atoms in total. The highest BCUT2D eigenvalue weighted by atomic mass is 16.5. The van der Waals surface area contributed by atoms with Gasteiger partial charge in [0.1, 0.15) is 6.26 Å². The van der Waals surface area contributed by atoms with Gasteiger partial charge in [0.2, 0.25) is 0 Å². The van der Waals surface area contributed by atoms with Crippen LogP contribution in [-0.4, -0.2) is 44.9 Å². The predicted octanol–water partition coefficient (Wildman–Crippen LogP) is 0.273. The van der Waals surface area contributed by atoms with E-state index in [1.165, 1.54) is 0 Å². The van der Waals surface area contributed by atoms with Crippen molar-refractivity contribution in [1.82, 2.24) is 10.3 Å². The third-order valence-corrected chi connectivity index (χ3v) is 2.45. The lowest BCUT2D eigenvalue weighted by molar-refractivity contribution is 0.120. The number of morpholine rings is 1. The van der Waals surface area contributed by atoms with E-state index >= 15 is 0 Å². The molecule has 5 heteroatoms. The number of ether oxygens (including phenoxy) is 1.